The highest BCUT2D eigenvalue weighted by molar-refractivity contribution is 7.80. The summed E-state index contributed by atoms with van der Waals surface area (Å²) in [5, 5.41) is 0. The summed E-state index contributed by atoms with van der Waals surface area (Å²) in [6.07, 6.45) is 0. The van der Waals surface area contributed by atoms with Gasteiger partial charge in [0.2, 0.25) is 0 Å². The molecule has 0 amide bonds. The van der Waals surface area contributed by atoms with Gasteiger partial charge in [-0.05, 0) is 45.3 Å². The van der Waals surface area contributed by atoms with Gasteiger partial charge in [0.05, 0.1) is 11.2 Å². The maximum atomic E-state index is 5.95. The molecule has 0 aromatic heterocycles. The second-order valence-corrected chi connectivity index (χ2v) is 5.89. The van der Waals surface area contributed by atoms with Gasteiger partial charge in [-0.2, -0.15) is 0 Å². The zero-order valence-corrected chi connectivity index (χ0v) is 11.5. The lowest BCUT2D eigenvalue weighted by Gasteiger charge is -2.32. The Bertz CT molecular complexity index is 432. The van der Waals surface area contributed by atoms with E-state index in [0.717, 1.165) is 10.4 Å². The average Bonchev–Trinajstić information content (AvgIpc) is 2.41. The Hall–Kier alpha value is -0.645. The summed E-state index contributed by atoms with van der Waals surface area (Å²) in [6.45, 7) is 8.13. The molecule has 1 saturated heterocycles. The normalized spacial score (nSPS) is 21.8. The third-order valence-corrected chi connectivity index (χ3v) is 3.97. The first-order valence-electron chi connectivity index (χ1n) is 5.67. The Kier molecular flexibility index (Phi) is 2.96. The van der Waals surface area contributed by atoms with Crippen molar-refractivity contribution in [2.24, 2.45) is 0 Å². The van der Waals surface area contributed by atoms with Crippen LogP contribution in [0.2, 0.25) is 0 Å². The lowest BCUT2D eigenvalue weighted by Crippen LogP contribution is -2.41. The number of rotatable bonds is 1. The van der Waals surface area contributed by atoms with E-state index in [0.29, 0.717) is 5.69 Å². The topological polar surface area (TPSA) is 44.5 Å². The summed E-state index contributed by atoms with van der Waals surface area (Å²) in [4.78, 5) is 0.747. The van der Waals surface area contributed by atoms with Crippen molar-refractivity contribution >= 4 is 30.9 Å². The zero-order valence-electron chi connectivity index (χ0n) is 10.7. The molecule has 2 N–H and O–H groups in total. The van der Waals surface area contributed by atoms with Gasteiger partial charge in [0.15, 0.2) is 0 Å². The van der Waals surface area contributed by atoms with Crippen molar-refractivity contribution in [2.75, 3.05) is 5.73 Å². The van der Waals surface area contributed by atoms with Crippen LogP contribution < -0.4 is 11.2 Å². The lowest BCUT2D eigenvalue weighted by atomic mass is 9.79. The van der Waals surface area contributed by atoms with Crippen LogP contribution in [-0.2, 0) is 9.31 Å². The number of nitrogen functional groups attached to an aromatic ring is 1. The van der Waals surface area contributed by atoms with Crippen LogP contribution in [0.3, 0.4) is 0 Å². The van der Waals surface area contributed by atoms with Gasteiger partial charge in [0.25, 0.3) is 0 Å². The van der Waals surface area contributed by atoms with Crippen LogP contribution in [0.4, 0.5) is 5.69 Å². The quantitative estimate of drug-likeness (QED) is 0.455. The van der Waals surface area contributed by atoms with Crippen molar-refractivity contribution in [1.29, 1.82) is 0 Å². The SMILES string of the molecule is CC1(C)OB(c2ccc(N)c(S)c2)OC1(C)C. The third kappa shape index (κ3) is 2.19. The van der Waals surface area contributed by atoms with Crippen LogP contribution in [0.25, 0.3) is 0 Å². The molecule has 1 aromatic rings. The lowest BCUT2D eigenvalue weighted by molar-refractivity contribution is 0.00578. The molecule has 0 atom stereocenters. The van der Waals surface area contributed by atoms with Crippen LogP contribution in [-0.4, -0.2) is 18.3 Å². The van der Waals surface area contributed by atoms with Crippen molar-refractivity contribution in [2.45, 2.75) is 43.8 Å². The van der Waals surface area contributed by atoms with Gasteiger partial charge in [-0.1, -0.05) is 6.07 Å². The first kappa shape index (κ1) is 12.8. The average molecular weight is 251 g/mol. The molecule has 1 aromatic carbocycles. The molecule has 0 saturated carbocycles. The number of anilines is 1. The Morgan fingerprint density at radius 2 is 1.65 bits per heavy atom. The highest BCUT2D eigenvalue weighted by Crippen LogP contribution is 2.36. The molecular weight excluding hydrogens is 233 g/mol. The fraction of sp³-hybridized carbons (Fsp3) is 0.500. The van der Waals surface area contributed by atoms with Gasteiger partial charge in [-0.3, -0.25) is 0 Å². The van der Waals surface area contributed by atoms with Crippen molar-refractivity contribution in [3.8, 4) is 0 Å². The van der Waals surface area contributed by atoms with E-state index >= 15 is 0 Å². The van der Waals surface area contributed by atoms with Gasteiger partial charge < -0.3 is 15.0 Å². The van der Waals surface area contributed by atoms with E-state index in [1.165, 1.54) is 0 Å². The number of benzene rings is 1. The number of nitrogens with two attached hydrogens (primary N) is 1. The molecule has 2 rings (SSSR count). The maximum Gasteiger partial charge on any atom is 0.494 e. The zero-order chi connectivity index (χ0) is 12.8. The molecule has 1 aliphatic rings. The third-order valence-electron chi connectivity index (χ3n) is 3.58. The van der Waals surface area contributed by atoms with E-state index < -0.39 is 0 Å². The van der Waals surface area contributed by atoms with Crippen molar-refractivity contribution in [3.05, 3.63) is 18.2 Å². The molecule has 5 heteroatoms. The van der Waals surface area contributed by atoms with Crippen LogP contribution in [0, 0.1) is 0 Å². The van der Waals surface area contributed by atoms with E-state index in [1.807, 2.05) is 45.9 Å². The van der Waals surface area contributed by atoms with Crippen LogP contribution in [0.1, 0.15) is 27.7 Å². The van der Waals surface area contributed by atoms with Crippen molar-refractivity contribution in [3.63, 3.8) is 0 Å². The summed E-state index contributed by atoms with van der Waals surface area (Å²) < 4.78 is 11.9. The number of hydrogen-bond acceptors (Lipinski definition) is 4. The summed E-state index contributed by atoms with van der Waals surface area (Å²) in [7, 11) is -0.355. The van der Waals surface area contributed by atoms with Crippen LogP contribution >= 0.6 is 12.6 Å². The first-order valence-corrected chi connectivity index (χ1v) is 6.12. The molecule has 92 valence electrons. The van der Waals surface area contributed by atoms with Crippen LogP contribution in [0.15, 0.2) is 23.1 Å². The van der Waals surface area contributed by atoms with Gasteiger partial charge in [-0.15, -0.1) is 12.6 Å². The van der Waals surface area contributed by atoms with Gasteiger partial charge in [-0.25, -0.2) is 0 Å². The predicted octanol–water partition coefficient (Wildman–Crippen LogP) is 1.86. The molecule has 0 bridgehead atoms. The van der Waals surface area contributed by atoms with Gasteiger partial charge in [0, 0.05) is 10.6 Å². The van der Waals surface area contributed by atoms with Crippen LogP contribution in [0.5, 0.6) is 0 Å². The van der Waals surface area contributed by atoms with Crippen molar-refractivity contribution in [1.82, 2.24) is 0 Å². The molecule has 0 aliphatic carbocycles. The standard InChI is InChI=1S/C12H18BNO2S/c1-11(2)12(3,4)16-13(15-11)8-5-6-9(14)10(17)7-8/h5-7,17H,14H2,1-4H3. The molecule has 1 fully saturated rings. The maximum absolute atomic E-state index is 5.95. The first-order chi connectivity index (χ1) is 7.73. The van der Waals surface area contributed by atoms with E-state index in [-0.39, 0.29) is 18.3 Å². The Morgan fingerprint density at radius 1 is 1.12 bits per heavy atom. The highest BCUT2D eigenvalue weighted by atomic mass is 32.1. The summed E-state index contributed by atoms with van der Waals surface area (Å²) in [5.41, 5.74) is 6.70. The van der Waals surface area contributed by atoms with Gasteiger partial charge >= 0.3 is 7.12 Å². The second-order valence-electron chi connectivity index (χ2n) is 5.41. The van der Waals surface area contributed by atoms with E-state index in [1.54, 1.807) is 0 Å². The monoisotopic (exact) mass is 251 g/mol. The molecule has 0 spiro atoms. The molecular formula is C12H18BNO2S. The summed E-state index contributed by atoms with van der Waals surface area (Å²) in [6, 6.07) is 5.63. The Balaban J connectivity index is 2.29. The van der Waals surface area contributed by atoms with Gasteiger partial charge in [0.1, 0.15) is 0 Å². The summed E-state index contributed by atoms with van der Waals surface area (Å²) >= 11 is 4.31. The molecule has 0 radical (unpaired) electrons. The predicted molar refractivity (Wildman–Crippen MR) is 73.8 cm³/mol. The van der Waals surface area contributed by atoms with Crippen molar-refractivity contribution < 1.29 is 9.31 Å². The van der Waals surface area contributed by atoms with E-state index in [4.69, 9.17) is 15.0 Å². The fourth-order valence-electron chi connectivity index (χ4n) is 1.69. The molecule has 17 heavy (non-hydrogen) atoms. The minimum atomic E-state index is -0.355. The molecule has 1 heterocycles. The highest BCUT2D eigenvalue weighted by Gasteiger charge is 2.51. The molecule has 1 aliphatic heterocycles. The molecule has 3 nitrogen and oxygen atoms in total. The van der Waals surface area contributed by atoms with E-state index in [2.05, 4.69) is 12.6 Å². The minimum absolute atomic E-state index is 0.324. The fourth-order valence-corrected chi connectivity index (χ4v) is 1.91. The number of hydrogen-bond donors (Lipinski definition) is 2. The Labute approximate surface area is 108 Å². The summed E-state index contributed by atoms with van der Waals surface area (Å²) in [5.74, 6) is 0. The van der Waals surface area contributed by atoms with E-state index in [9.17, 15) is 0 Å². The Morgan fingerprint density at radius 3 is 2.12 bits per heavy atom. The molecule has 0 unspecified atom stereocenters. The smallest absolute Gasteiger partial charge is 0.399 e. The largest absolute Gasteiger partial charge is 0.494 e. The number of thiol groups is 1. The second kappa shape index (κ2) is 3.94. The minimum Gasteiger partial charge on any atom is -0.399 e.